The number of methoxy groups -OCH3 is 1. The van der Waals surface area contributed by atoms with Gasteiger partial charge in [0.15, 0.2) is 5.96 Å². The number of hydrogen-bond acceptors (Lipinski definition) is 4. The molecule has 2 aromatic rings. The van der Waals surface area contributed by atoms with Crippen LogP contribution in [0, 0.1) is 0 Å². The molecule has 7 heteroatoms. The van der Waals surface area contributed by atoms with Gasteiger partial charge in [-0.25, -0.2) is 0 Å². The number of benzene rings is 2. The summed E-state index contributed by atoms with van der Waals surface area (Å²) in [5, 5.41) is 9.71. The van der Waals surface area contributed by atoms with Crippen LogP contribution in [0.25, 0.3) is 0 Å². The fourth-order valence-corrected chi connectivity index (χ4v) is 4.13. The normalized spacial score (nSPS) is 15.3. The molecular weight excluding hydrogens is 402 g/mol. The molecule has 3 rings (SSSR count). The predicted octanol–water partition coefficient (Wildman–Crippen LogP) is 3.20. The smallest absolute Gasteiger partial charge is 0.221 e. The van der Waals surface area contributed by atoms with Crippen molar-refractivity contribution in [3.8, 4) is 5.75 Å². The summed E-state index contributed by atoms with van der Waals surface area (Å²) < 4.78 is 5.64. The molecule has 1 fully saturated rings. The molecule has 1 amide bonds. The summed E-state index contributed by atoms with van der Waals surface area (Å²) in [6.45, 7) is 5.24. The highest BCUT2D eigenvalue weighted by Gasteiger charge is 2.26. The number of para-hydroxylation sites is 1. The van der Waals surface area contributed by atoms with Gasteiger partial charge in [0.25, 0.3) is 0 Å². The van der Waals surface area contributed by atoms with Crippen LogP contribution in [0.4, 0.5) is 5.69 Å². The highest BCUT2D eigenvalue weighted by atomic mass is 16.5. The van der Waals surface area contributed by atoms with Crippen molar-refractivity contribution in [2.24, 2.45) is 4.99 Å². The van der Waals surface area contributed by atoms with Crippen LogP contribution in [0.3, 0.4) is 0 Å². The van der Waals surface area contributed by atoms with Gasteiger partial charge >= 0.3 is 0 Å². The number of carbonyl (C=O) groups excluding carboxylic acids is 1. The van der Waals surface area contributed by atoms with Gasteiger partial charge in [0.05, 0.1) is 13.2 Å². The monoisotopic (exact) mass is 437 g/mol. The number of ether oxygens (including phenoxy) is 1. The maximum atomic E-state index is 11.1. The molecule has 32 heavy (non-hydrogen) atoms. The molecule has 0 saturated carbocycles. The Kier molecular flexibility index (Phi) is 8.92. The van der Waals surface area contributed by atoms with Crippen molar-refractivity contribution in [2.45, 2.75) is 32.2 Å². The van der Waals surface area contributed by atoms with Crippen LogP contribution in [0.15, 0.2) is 53.5 Å². The van der Waals surface area contributed by atoms with Crippen molar-refractivity contribution in [1.29, 1.82) is 0 Å². The van der Waals surface area contributed by atoms with Crippen molar-refractivity contribution in [2.75, 3.05) is 45.7 Å². The molecule has 0 aliphatic carbocycles. The van der Waals surface area contributed by atoms with E-state index in [1.54, 1.807) is 14.2 Å². The minimum atomic E-state index is -0.0605. The largest absolute Gasteiger partial charge is 0.496 e. The minimum Gasteiger partial charge on any atom is -0.496 e. The van der Waals surface area contributed by atoms with E-state index >= 15 is 0 Å². The van der Waals surface area contributed by atoms with E-state index in [9.17, 15) is 4.79 Å². The quantitative estimate of drug-likeness (QED) is 0.415. The number of rotatable bonds is 9. The zero-order valence-electron chi connectivity index (χ0n) is 19.4. The van der Waals surface area contributed by atoms with Crippen LogP contribution < -0.4 is 20.7 Å². The Balaban J connectivity index is 1.55. The average Bonchev–Trinajstić information content (AvgIpc) is 3.33. The van der Waals surface area contributed by atoms with E-state index in [2.05, 4.69) is 38.0 Å². The van der Waals surface area contributed by atoms with Crippen LogP contribution in [0.5, 0.6) is 5.75 Å². The SMILES string of the molecule is CN=C(NCCc1ccc(NC(C)=O)cc1)NCC(c1ccccc1OC)N1CCCC1. The predicted molar refractivity (Wildman–Crippen MR) is 130 cm³/mol. The van der Waals surface area contributed by atoms with Crippen LogP contribution >= 0.6 is 0 Å². The van der Waals surface area contributed by atoms with Crippen molar-refractivity contribution >= 4 is 17.6 Å². The molecule has 0 aromatic heterocycles. The third kappa shape index (κ3) is 6.72. The molecule has 1 aliphatic heterocycles. The second-order valence-corrected chi connectivity index (χ2v) is 8.01. The van der Waals surface area contributed by atoms with Gasteiger partial charge in [-0.05, 0) is 56.1 Å². The third-order valence-electron chi connectivity index (χ3n) is 5.75. The number of guanidine groups is 1. The van der Waals surface area contributed by atoms with Gasteiger partial charge in [-0.15, -0.1) is 0 Å². The minimum absolute atomic E-state index is 0.0605. The Bertz CT molecular complexity index is 891. The molecule has 0 radical (unpaired) electrons. The molecule has 1 atom stereocenters. The second-order valence-electron chi connectivity index (χ2n) is 8.01. The first-order chi connectivity index (χ1) is 15.6. The lowest BCUT2D eigenvalue weighted by Crippen LogP contribution is -2.43. The van der Waals surface area contributed by atoms with Crippen molar-refractivity contribution in [3.05, 3.63) is 59.7 Å². The Morgan fingerprint density at radius 1 is 1.09 bits per heavy atom. The van der Waals surface area contributed by atoms with Gasteiger partial charge in [0, 0.05) is 38.3 Å². The number of amides is 1. The summed E-state index contributed by atoms with van der Waals surface area (Å²) in [4.78, 5) is 18.1. The number of nitrogens with zero attached hydrogens (tertiary/aromatic N) is 2. The van der Waals surface area contributed by atoms with Crippen molar-refractivity contribution in [1.82, 2.24) is 15.5 Å². The summed E-state index contributed by atoms with van der Waals surface area (Å²) in [7, 11) is 3.53. The molecule has 3 N–H and O–H groups in total. The third-order valence-corrected chi connectivity index (χ3v) is 5.75. The zero-order valence-corrected chi connectivity index (χ0v) is 19.4. The Morgan fingerprint density at radius 3 is 2.47 bits per heavy atom. The molecular formula is C25H35N5O2. The molecule has 7 nitrogen and oxygen atoms in total. The van der Waals surface area contributed by atoms with E-state index in [0.717, 1.165) is 50.0 Å². The first kappa shape index (κ1) is 23.6. The molecule has 1 unspecified atom stereocenters. The Morgan fingerprint density at radius 2 is 1.81 bits per heavy atom. The first-order valence-electron chi connectivity index (χ1n) is 11.3. The van der Waals surface area contributed by atoms with E-state index in [0.29, 0.717) is 0 Å². The van der Waals surface area contributed by atoms with Crippen LogP contribution in [-0.2, 0) is 11.2 Å². The van der Waals surface area contributed by atoms with Gasteiger partial charge in [-0.2, -0.15) is 0 Å². The molecule has 0 bridgehead atoms. The maximum absolute atomic E-state index is 11.1. The summed E-state index contributed by atoms with van der Waals surface area (Å²) in [5.41, 5.74) is 3.22. The summed E-state index contributed by atoms with van der Waals surface area (Å²) in [5.74, 6) is 1.66. The van der Waals surface area contributed by atoms with E-state index in [1.807, 2.05) is 36.4 Å². The van der Waals surface area contributed by atoms with E-state index in [1.165, 1.54) is 30.9 Å². The second kappa shape index (κ2) is 12.1. The van der Waals surface area contributed by atoms with Crippen LogP contribution in [0.2, 0.25) is 0 Å². The van der Waals surface area contributed by atoms with E-state index < -0.39 is 0 Å². The van der Waals surface area contributed by atoms with Crippen molar-refractivity contribution in [3.63, 3.8) is 0 Å². The standard InChI is InChI=1S/C25H35N5O2/c1-19(31)29-21-12-10-20(11-13-21)14-15-27-25(26-2)28-18-23(30-16-6-7-17-30)22-8-4-5-9-24(22)32-3/h4-5,8-13,23H,6-7,14-18H2,1-3H3,(H,29,31)(H2,26,27,28). The number of aliphatic imine (C=N–C) groups is 1. The molecule has 2 aromatic carbocycles. The maximum Gasteiger partial charge on any atom is 0.221 e. The van der Waals surface area contributed by atoms with Crippen molar-refractivity contribution < 1.29 is 9.53 Å². The Hall–Kier alpha value is -3.06. The fraction of sp³-hybridized carbons (Fsp3) is 0.440. The Labute approximate surface area is 191 Å². The fourth-order valence-electron chi connectivity index (χ4n) is 4.13. The molecule has 1 saturated heterocycles. The van der Waals surface area contributed by atoms with Gasteiger partial charge in [-0.3, -0.25) is 14.7 Å². The molecule has 1 aliphatic rings. The summed E-state index contributed by atoms with van der Waals surface area (Å²) in [6, 6.07) is 16.4. The number of carbonyl (C=O) groups is 1. The summed E-state index contributed by atoms with van der Waals surface area (Å²) in [6.07, 6.45) is 3.34. The zero-order chi connectivity index (χ0) is 22.8. The van der Waals surface area contributed by atoms with Crippen LogP contribution in [-0.4, -0.2) is 57.1 Å². The van der Waals surface area contributed by atoms with E-state index in [-0.39, 0.29) is 11.9 Å². The lowest BCUT2D eigenvalue weighted by Gasteiger charge is -2.30. The lowest BCUT2D eigenvalue weighted by molar-refractivity contribution is -0.114. The number of likely N-dealkylation sites (tertiary alicyclic amines) is 1. The van der Waals surface area contributed by atoms with E-state index in [4.69, 9.17) is 4.74 Å². The number of anilines is 1. The highest BCUT2D eigenvalue weighted by molar-refractivity contribution is 5.88. The van der Waals surface area contributed by atoms with Gasteiger partial charge in [-0.1, -0.05) is 30.3 Å². The topological polar surface area (TPSA) is 78.0 Å². The lowest BCUT2D eigenvalue weighted by atomic mass is 10.0. The molecule has 0 spiro atoms. The first-order valence-corrected chi connectivity index (χ1v) is 11.3. The van der Waals surface area contributed by atoms with Gasteiger partial charge in [0.2, 0.25) is 5.91 Å². The molecule has 1 heterocycles. The van der Waals surface area contributed by atoms with Gasteiger partial charge in [0.1, 0.15) is 5.75 Å². The number of hydrogen-bond donors (Lipinski definition) is 3. The summed E-state index contributed by atoms with van der Waals surface area (Å²) >= 11 is 0. The molecule has 172 valence electrons. The van der Waals surface area contributed by atoms with Crippen LogP contribution in [0.1, 0.15) is 36.9 Å². The highest BCUT2D eigenvalue weighted by Crippen LogP contribution is 2.31. The van der Waals surface area contributed by atoms with Gasteiger partial charge < -0.3 is 20.7 Å². The average molecular weight is 438 g/mol. The number of nitrogens with one attached hydrogen (secondary N) is 3.